The molecule has 2 aliphatic heterocycles. The van der Waals surface area contributed by atoms with Gasteiger partial charge in [0.05, 0.1) is 11.7 Å². The van der Waals surface area contributed by atoms with Gasteiger partial charge in [-0.3, -0.25) is 15.0 Å². The number of carbonyl (C=O) groups is 1. The molecule has 0 radical (unpaired) electrons. The van der Waals surface area contributed by atoms with Crippen LogP contribution < -0.4 is 5.32 Å². The molecular weight excluding hydrogens is 262 g/mol. The third-order valence-electron chi connectivity index (χ3n) is 6.34. The summed E-state index contributed by atoms with van der Waals surface area (Å²) in [6, 6.07) is 0.596. The Balaban J connectivity index is 1.51. The second kappa shape index (κ2) is 5.24. The first-order chi connectivity index (χ1) is 10.2. The van der Waals surface area contributed by atoms with Crippen LogP contribution in [0.3, 0.4) is 0 Å². The van der Waals surface area contributed by atoms with E-state index in [1.54, 1.807) is 0 Å². The van der Waals surface area contributed by atoms with Gasteiger partial charge < -0.3 is 4.90 Å². The normalized spacial score (nSPS) is 36.2. The van der Waals surface area contributed by atoms with Crippen molar-refractivity contribution >= 4 is 5.91 Å². The van der Waals surface area contributed by atoms with Crippen LogP contribution in [0.4, 0.5) is 0 Å². The van der Waals surface area contributed by atoms with E-state index in [0.717, 1.165) is 25.9 Å². The van der Waals surface area contributed by atoms with Gasteiger partial charge >= 0.3 is 0 Å². The monoisotopic (exact) mass is 291 g/mol. The Morgan fingerprint density at radius 1 is 1.19 bits per heavy atom. The Kier molecular flexibility index (Phi) is 3.49. The molecule has 2 aliphatic carbocycles. The Hall–Kier alpha value is -0.610. The summed E-state index contributed by atoms with van der Waals surface area (Å²) in [5, 5.41) is 3.75. The first-order valence-electron chi connectivity index (χ1n) is 9.06. The van der Waals surface area contributed by atoms with Gasteiger partial charge in [0.2, 0.25) is 5.91 Å². The van der Waals surface area contributed by atoms with Crippen molar-refractivity contribution in [2.45, 2.75) is 76.0 Å². The molecule has 2 unspecified atom stereocenters. The molecular formula is C17H29N3O. The number of likely N-dealkylation sites (tertiary alicyclic amines) is 1. The van der Waals surface area contributed by atoms with Crippen molar-refractivity contribution in [1.82, 2.24) is 15.1 Å². The Labute approximate surface area is 128 Å². The zero-order valence-corrected chi connectivity index (χ0v) is 13.3. The van der Waals surface area contributed by atoms with E-state index < -0.39 is 0 Å². The second-order valence-electron chi connectivity index (χ2n) is 7.60. The maximum absolute atomic E-state index is 12.9. The molecule has 4 heteroatoms. The molecule has 0 aromatic carbocycles. The predicted molar refractivity (Wildman–Crippen MR) is 82.8 cm³/mol. The van der Waals surface area contributed by atoms with E-state index in [1.807, 2.05) is 0 Å². The molecule has 0 aromatic rings. The molecule has 2 heterocycles. The largest absolute Gasteiger partial charge is 0.324 e. The van der Waals surface area contributed by atoms with Crippen LogP contribution in [-0.4, -0.2) is 53.1 Å². The van der Waals surface area contributed by atoms with Gasteiger partial charge in [-0.05, 0) is 57.5 Å². The number of nitrogens with one attached hydrogen (secondary N) is 1. The average molecular weight is 291 g/mol. The van der Waals surface area contributed by atoms with Crippen LogP contribution in [0.2, 0.25) is 0 Å². The van der Waals surface area contributed by atoms with E-state index in [2.05, 4.69) is 22.0 Å². The minimum Gasteiger partial charge on any atom is -0.324 e. The van der Waals surface area contributed by atoms with E-state index in [9.17, 15) is 4.79 Å². The molecule has 0 aromatic heterocycles. The molecule has 4 aliphatic rings. The molecule has 2 saturated heterocycles. The van der Waals surface area contributed by atoms with Crippen LogP contribution in [0.15, 0.2) is 0 Å². The predicted octanol–water partition coefficient (Wildman–Crippen LogP) is 1.95. The summed E-state index contributed by atoms with van der Waals surface area (Å²) in [5.41, 5.74) is -0.136. The summed E-state index contributed by atoms with van der Waals surface area (Å²) in [4.78, 5) is 17.7. The summed E-state index contributed by atoms with van der Waals surface area (Å²) in [6.07, 6.45) is 10.3. The van der Waals surface area contributed by atoms with Gasteiger partial charge in [0.1, 0.15) is 0 Å². The maximum atomic E-state index is 12.9. The highest BCUT2D eigenvalue weighted by Gasteiger charge is 2.60. The lowest BCUT2D eigenvalue weighted by Crippen LogP contribution is -2.48. The second-order valence-corrected chi connectivity index (χ2v) is 7.60. The molecule has 4 rings (SSSR count). The Morgan fingerprint density at radius 3 is 2.62 bits per heavy atom. The number of hydrogen-bond acceptors (Lipinski definition) is 3. The van der Waals surface area contributed by atoms with Crippen LogP contribution in [0.5, 0.6) is 0 Å². The SMILES string of the molecule is CCN1CCCC1CN1C(=O)C2(CC2)NC1C1CCCC1. The van der Waals surface area contributed by atoms with Crippen LogP contribution in [-0.2, 0) is 4.79 Å². The lowest BCUT2D eigenvalue weighted by Gasteiger charge is -2.33. The van der Waals surface area contributed by atoms with E-state index in [1.165, 1.54) is 45.1 Å². The number of likely N-dealkylation sites (N-methyl/N-ethyl adjacent to an activating group) is 1. The molecule has 21 heavy (non-hydrogen) atoms. The molecule has 4 fully saturated rings. The van der Waals surface area contributed by atoms with Crippen LogP contribution >= 0.6 is 0 Å². The van der Waals surface area contributed by atoms with Crippen LogP contribution in [0, 0.1) is 5.92 Å². The highest BCUT2D eigenvalue weighted by Crippen LogP contribution is 2.45. The summed E-state index contributed by atoms with van der Waals surface area (Å²) in [5.74, 6) is 1.12. The minimum atomic E-state index is -0.136. The van der Waals surface area contributed by atoms with Gasteiger partial charge in [-0.1, -0.05) is 19.8 Å². The van der Waals surface area contributed by atoms with E-state index in [4.69, 9.17) is 0 Å². The van der Waals surface area contributed by atoms with Gasteiger partial charge in [0.15, 0.2) is 0 Å². The third-order valence-corrected chi connectivity index (χ3v) is 6.34. The third kappa shape index (κ3) is 2.31. The number of nitrogens with zero attached hydrogens (tertiary/aromatic N) is 2. The molecule has 1 amide bonds. The van der Waals surface area contributed by atoms with E-state index in [0.29, 0.717) is 24.0 Å². The van der Waals surface area contributed by atoms with E-state index in [-0.39, 0.29) is 5.54 Å². The number of carbonyl (C=O) groups excluding carboxylic acids is 1. The zero-order valence-electron chi connectivity index (χ0n) is 13.3. The average Bonchev–Trinajstić information content (AvgIpc) is 2.88. The van der Waals surface area contributed by atoms with Crippen molar-refractivity contribution in [2.75, 3.05) is 19.6 Å². The van der Waals surface area contributed by atoms with Crippen LogP contribution in [0.25, 0.3) is 0 Å². The number of amides is 1. The van der Waals surface area contributed by atoms with Crippen molar-refractivity contribution in [3.8, 4) is 0 Å². The van der Waals surface area contributed by atoms with Gasteiger partial charge in [0, 0.05) is 12.6 Å². The molecule has 4 nitrogen and oxygen atoms in total. The lowest BCUT2D eigenvalue weighted by molar-refractivity contribution is -0.132. The first kappa shape index (κ1) is 14.0. The van der Waals surface area contributed by atoms with Gasteiger partial charge in [-0.15, -0.1) is 0 Å². The summed E-state index contributed by atoms with van der Waals surface area (Å²) < 4.78 is 0. The van der Waals surface area contributed by atoms with E-state index >= 15 is 0 Å². The molecule has 2 atom stereocenters. The fraction of sp³-hybridized carbons (Fsp3) is 0.941. The highest BCUT2D eigenvalue weighted by molar-refractivity contribution is 5.91. The summed E-state index contributed by atoms with van der Waals surface area (Å²) >= 11 is 0. The summed E-state index contributed by atoms with van der Waals surface area (Å²) in [7, 11) is 0. The topological polar surface area (TPSA) is 35.6 Å². The molecule has 0 bridgehead atoms. The summed E-state index contributed by atoms with van der Waals surface area (Å²) in [6.45, 7) is 5.55. The van der Waals surface area contributed by atoms with Gasteiger partial charge in [0.25, 0.3) is 0 Å². The smallest absolute Gasteiger partial charge is 0.244 e. The standard InChI is InChI=1S/C17H29N3O/c1-2-19-11-5-8-14(19)12-20-15(13-6-3-4-7-13)18-17(9-10-17)16(20)21/h13-15,18H,2-12H2,1H3. The van der Waals surface area contributed by atoms with Crippen LogP contribution in [0.1, 0.15) is 58.3 Å². The molecule has 118 valence electrons. The molecule has 2 saturated carbocycles. The first-order valence-corrected chi connectivity index (χ1v) is 9.06. The maximum Gasteiger partial charge on any atom is 0.244 e. The van der Waals surface area contributed by atoms with Gasteiger partial charge in [-0.2, -0.15) is 0 Å². The zero-order chi connectivity index (χ0) is 14.4. The lowest BCUT2D eigenvalue weighted by atomic mass is 10.0. The van der Waals surface area contributed by atoms with Crippen molar-refractivity contribution in [3.63, 3.8) is 0 Å². The Bertz CT molecular complexity index is 414. The van der Waals surface area contributed by atoms with Crippen molar-refractivity contribution < 1.29 is 4.79 Å². The Morgan fingerprint density at radius 2 is 1.95 bits per heavy atom. The molecule has 1 N–H and O–H groups in total. The fourth-order valence-corrected chi connectivity index (χ4v) is 4.89. The number of rotatable bonds is 4. The molecule has 1 spiro atoms. The number of hydrogen-bond donors (Lipinski definition) is 1. The quantitative estimate of drug-likeness (QED) is 0.860. The fourth-order valence-electron chi connectivity index (χ4n) is 4.89. The van der Waals surface area contributed by atoms with Crippen molar-refractivity contribution in [2.24, 2.45) is 5.92 Å². The highest BCUT2D eigenvalue weighted by atomic mass is 16.2. The van der Waals surface area contributed by atoms with Gasteiger partial charge in [-0.25, -0.2) is 0 Å². The minimum absolute atomic E-state index is 0.136. The van der Waals surface area contributed by atoms with Crippen molar-refractivity contribution in [1.29, 1.82) is 0 Å². The van der Waals surface area contributed by atoms with Crippen molar-refractivity contribution in [3.05, 3.63) is 0 Å².